The molecule has 0 aliphatic heterocycles. The van der Waals surface area contributed by atoms with Gasteiger partial charge in [0.25, 0.3) is 0 Å². The highest BCUT2D eigenvalue weighted by atomic mass is 16.4. The van der Waals surface area contributed by atoms with Gasteiger partial charge in [-0.15, -0.1) is 12.3 Å². The van der Waals surface area contributed by atoms with Crippen LogP contribution >= 0.6 is 0 Å². The SMILES string of the molecule is C#CCCc1nn(CCCCCCCC)c(=O)n1Cc1ccc(-c2ccccc2C(=O)O)cc1. The summed E-state index contributed by atoms with van der Waals surface area (Å²) >= 11 is 0. The molecule has 0 spiro atoms. The molecule has 1 heterocycles. The Morgan fingerprint density at radius 2 is 1.74 bits per heavy atom. The third-order valence-electron chi connectivity index (χ3n) is 5.98. The van der Waals surface area contributed by atoms with Crippen LogP contribution in [0.15, 0.2) is 53.3 Å². The minimum absolute atomic E-state index is 0.110. The van der Waals surface area contributed by atoms with E-state index < -0.39 is 5.97 Å². The van der Waals surface area contributed by atoms with E-state index in [1.807, 2.05) is 30.3 Å². The van der Waals surface area contributed by atoms with Crippen LogP contribution in [0.1, 0.15) is 73.6 Å². The fraction of sp³-hybridized carbons (Fsp3) is 0.393. The molecule has 6 heteroatoms. The van der Waals surface area contributed by atoms with Gasteiger partial charge in [-0.1, -0.05) is 81.5 Å². The number of aromatic carboxylic acids is 1. The molecule has 0 saturated carbocycles. The molecule has 0 fully saturated rings. The number of carboxylic acids is 1. The molecule has 0 atom stereocenters. The van der Waals surface area contributed by atoms with E-state index in [1.165, 1.54) is 25.7 Å². The minimum Gasteiger partial charge on any atom is -0.478 e. The van der Waals surface area contributed by atoms with Crippen LogP contribution in [0.3, 0.4) is 0 Å². The summed E-state index contributed by atoms with van der Waals surface area (Å²) in [5.41, 5.74) is 2.58. The van der Waals surface area contributed by atoms with Gasteiger partial charge in [0.2, 0.25) is 0 Å². The number of carbonyl (C=O) groups is 1. The molecular weight excluding hydrogens is 426 g/mol. The Morgan fingerprint density at radius 1 is 1.03 bits per heavy atom. The van der Waals surface area contributed by atoms with Crippen molar-refractivity contribution in [1.82, 2.24) is 14.3 Å². The van der Waals surface area contributed by atoms with Crippen LogP contribution in [-0.4, -0.2) is 25.4 Å². The third kappa shape index (κ3) is 6.48. The first-order valence-electron chi connectivity index (χ1n) is 12.1. The molecule has 0 aliphatic rings. The number of aromatic nitrogens is 3. The molecular formula is C28H33N3O3. The maximum absolute atomic E-state index is 13.1. The standard InChI is InChI=1S/C28H33N3O3/c1-3-5-7-8-9-12-20-31-28(34)30(26(29-31)15-6-4-2)21-22-16-18-23(19-17-22)24-13-10-11-14-25(24)27(32)33/h2,10-11,13-14,16-19H,3,5-9,12,15,20-21H2,1H3,(H,32,33). The lowest BCUT2D eigenvalue weighted by Crippen LogP contribution is -2.26. The van der Waals surface area contributed by atoms with Gasteiger partial charge >= 0.3 is 11.7 Å². The predicted octanol–water partition coefficient (Wildman–Crippen LogP) is 5.38. The lowest BCUT2D eigenvalue weighted by Gasteiger charge is -2.09. The number of rotatable bonds is 13. The zero-order valence-electron chi connectivity index (χ0n) is 19.9. The quantitative estimate of drug-likeness (QED) is 0.275. The highest BCUT2D eigenvalue weighted by Gasteiger charge is 2.14. The molecule has 0 amide bonds. The molecule has 3 rings (SSSR count). The van der Waals surface area contributed by atoms with E-state index in [0.717, 1.165) is 24.0 Å². The van der Waals surface area contributed by atoms with Gasteiger partial charge in [0.15, 0.2) is 0 Å². The molecule has 0 radical (unpaired) electrons. The van der Waals surface area contributed by atoms with Crippen molar-refractivity contribution in [3.8, 4) is 23.5 Å². The summed E-state index contributed by atoms with van der Waals surface area (Å²) in [4.78, 5) is 24.6. The van der Waals surface area contributed by atoms with E-state index in [-0.39, 0.29) is 11.3 Å². The van der Waals surface area contributed by atoms with Crippen LogP contribution in [0.25, 0.3) is 11.1 Å². The normalized spacial score (nSPS) is 10.8. The molecule has 0 unspecified atom stereocenters. The lowest BCUT2D eigenvalue weighted by atomic mass is 9.99. The van der Waals surface area contributed by atoms with Crippen LogP contribution in [0.4, 0.5) is 0 Å². The van der Waals surface area contributed by atoms with E-state index in [9.17, 15) is 14.7 Å². The Balaban J connectivity index is 1.76. The average molecular weight is 460 g/mol. The number of terminal acetylenes is 1. The first-order chi connectivity index (χ1) is 16.5. The second kappa shape index (κ2) is 12.6. The number of unbranched alkanes of at least 4 members (excludes halogenated alkanes) is 5. The summed E-state index contributed by atoms with van der Waals surface area (Å²) in [6.45, 7) is 3.22. The van der Waals surface area contributed by atoms with Crippen molar-refractivity contribution in [2.45, 2.75) is 71.4 Å². The summed E-state index contributed by atoms with van der Waals surface area (Å²) in [5.74, 6) is 2.38. The first-order valence-corrected chi connectivity index (χ1v) is 12.1. The van der Waals surface area contributed by atoms with Gasteiger partial charge in [-0.25, -0.2) is 14.3 Å². The van der Waals surface area contributed by atoms with Gasteiger partial charge < -0.3 is 5.11 Å². The molecule has 0 saturated heterocycles. The minimum atomic E-state index is -0.956. The van der Waals surface area contributed by atoms with Crippen molar-refractivity contribution in [3.05, 3.63) is 76.0 Å². The molecule has 6 nitrogen and oxygen atoms in total. The molecule has 34 heavy (non-hydrogen) atoms. The fourth-order valence-electron chi connectivity index (χ4n) is 4.09. The van der Waals surface area contributed by atoms with Gasteiger partial charge in [-0.2, -0.15) is 5.10 Å². The number of hydrogen-bond donors (Lipinski definition) is 1. The lowest BCUT2D eigenvalue weighted by molar-refractivity contribution is 0.0697. The molecule has 2 aromatic carbocycles. The average Bonchev–Trinajstić information content (AvgIpc) is 3.14. The van der Waals surface area contributed by atoms with E-state index in [2.05, 4.69) is 17.9 Å². The topological polar surface area (TPSA) is 77.1 Å². The molecule has 0 aliphatic carbocycles. The van der Waals surface area contributed by atoms with Crippen molar-refractivity contribution in [2.24, 2.45) is 0 Å². The first kappa shape index (κ1) is 25.0. The molecule has 1 N–H and O–H groups in total. The van der Waals surface area contributed by atoms with E-state index in [4.69, 9.17) is 6.42 Å². The Labute approximate surface area is 201 Å². The summed E-state index contributed by atoms with van der Waals surface area (Å²) in [6.07, 6.45) is 13.5. The third-order valence-corrected chi connectivity index (χ3v) is 5.98. The van der Waals surface area contributed by atoms with Crippen LogP contribution in [-0.2, 0) is 19.5 Å². The fourth-order valence-corrected chi connectivity index (χ4v) is 4.09. The Hall–Kier alpha value is -3.59. The van der Waals surface area contributed by atoms with Crippen molar-refractivity contribution in [1.29, 1.82) is 0 Å². The molecule has 178 valence electrons. The molecule has 1 aromatic heterocycles. The van der Waals surface area contributed by atoms with Crippen molar-refractivity contribution in [3.63, 3.8) is 0 Å². The van der Waals surface area contributed by atoms with Crippen molar-refractivity contribution >= 4 is 5.97 Å². The van der Waals surface area contributed by atoms with Gasteiger partial charge in [0, 0.05) is 19.4 Å². The highest BCUT2D eigenvalue weighted by molar-refractivity contribution is 5.95. The van der Waals surface area contributed by atoms with Crippen LogP contribution in [0.2, 0.25) is 0 Å². The van der Waals surface area contributed by atoms with Gasteiger partial charge in [0.1, 0.15) is 5.82 Å². The zero-order chi connectivity index (χ0) is 24.3. The number of hydrogen-bond acceptors (Lipinski definition) is 3. The number of aryl methyl sites for hydroxylation is 2. The maximum atomic E-state index is 13.1. The van der Waals surface area contributed by atoms with E-state index in [0.29, 0.717) is 37.3 Å². The number of nitrogens with zero attached hydrogens (tertiary/aromatic N) is 3. The molecule has 3 aromatic rings. The number of benzene rings is 2. The summed E-state index contributed by atoms with van der Waals surface area (Å²) in [6, 6.07) is 14.6. The number of carboxylic acid groups (broad SMARTS) is 1. The Bertz CT molecular complexity index is 1180. The summed E-state index contributed by atoms with van der Waals surface area (Å²) in [7, 11) is 0. The van der Waals surface area contributed by atoms with Gasteiger partial charge in [-0.3, -0.25) is 4.57 Å². The van der Waals surface area contributed by atoms with Crippen molar-refractivity contribution in [2.75, 3.05) is 0 Å². The molecule has 0 bridgehead atoms. The smallest absolute Gasteiger partial charge is 0.346 e. The van der Waals surface area contributed by atoms with Crippen LogP contribution < -0.4 is 5.69 Å². The predicted molar refractivity (Wildman–Crippen MR) is 135 cm³/mol. The van der Waals surface area contributed by atoms with E-state index >= 15 is 0 Å². The van der Waals surface area contributed by atoms with Crippen molar-refractivity contribution < 1.29 is 9.90 Å². The zero-order valence-corrected chi connectivity index (χ0v) is 19.9. The largest absolute Gasteiger partial charge is 0.478 e. The highest BCUT2D eigenvalue weighted by Crippen LogP contribution is 2.24. The van der Waals surface area contributed by atoms with Gasteiger partial charge in [-0.05, 0) is 29.2 Å². The second-order valence-electron chi connectivity index (χ2n) is 8.53. The maximum Gasteiger partial charge on any atom is 0.346 e. The van der Waals surface area contributed by atoms with E-state index in [1.54, 1.807) is 27.4 Å². The van der Waals surface area contributed by atoms with Crippen LogP contribution in [0.5, 0.6) is 0 Å². The Morgan fingerprint density at radius 3 is 2.44 bits per heavy atom. The summed E-state index contributed by atoms with van der Waals surface area (Å²) in [5, 5.41) is 14.0. The monoisotopic (exact) mass is 459 g/mol. The van der Waals surface area contributed by atoms with Gasteiger partial charge in [0.05, 0.1) is 12.1 Å². The summed E-state index contributed by atoms with van der Waals surface area (Å²) < 4.78 is 3.28. The van der Waals surface area contributed by atoms with Crippen LogP contribution in [0, 0.1) is 12.3 Å². The second-order valence-corrected chi connectivity index (χ2v) is 8.53. The Kier molecular flexibility index (Phi) is 9.28.